The van der Waals surface area contributed by atoms with Gasteiger partial charge in [-0.25, -0.2) is 0 Å². The number of carbonyl (C=O) groups is 1. The molecule has 7 nitrogen and oxygen atoms in total. The zero-order valence-electron chi connectivity index (χ0n) is 14.7. The van der Waals surface area contributed by atoms with Crippen LogP contribution >= 0.6 is 11.8 Å². The predicted molar refractivity (Wildman–Crippen MR) is 100 cm³/mol. The lowest BCUT2D eigenvalue weighted by atomic mass is 10.1. The summed E-state index contributed by atoms with van der Waals surface area (Å²) < 4.78 is 17.9. The van der Waals surface area contributed by atoms with Gasteiger partial charge in [0.15, 0.2) is 28.3 Å². The van der Waals surface area contributed by atoms with Crippen molar-refractivity contribution in [1.82, 2.24) is 14.8 Å². The molecule has 0 spiro atoms. The number of Topliss-reactive ketones (excluding diaryl/α,β-unsaturated/α-hetero) is 1. The van der Waals surface area contributed by atoms with Crippen LogP contribution < -0.4 is 9.47 Å². The van der Waals surface area contributed by atoms with Gasteiger partial charge in [0, 0.05) is 12.1 Å². The number of carbonyl (C=O) groups excluding carboxylic acids is 1. The first-order valence-electron chi connectivity index (χ1n) is 8.31. The largest absolute Gasteiger partial charge is 0.469 e. The summed E-state index contributed by atoms with van der Waals surface area (Å²) >= 11 is 1.34. The van der Waals surface area contributed by atoms with E-state index in [1.165, 1.54) is 11.8 Å². The highest BCUT2D eigenvalue weighted by Gasteiger charge is 2.19. The van der Waals surface area contributed by atoms with Gasteiger partial charge in [-0.3, -0.25) is 9.36 Å². The number of thioether (sulfide) groups is 1. The number of ether oxygens (including phenoxy) is 2. The Balaban J connectivity index is 1.52. The summed E-state index contributed by atoms with van der Waals surface area (Å²) in [7, 11) is 0. The van der Waals surface area contributed by atoms with Gasteiger partial charge in [-0.05, 0) is 31.2 Å². The van der Waals surface area contributed by atoms with Crippen LogP contribution in [0.25, 0.3) is 11.4 Å². The van der Waals surface area contributed by atoms with Gasteiger partial charge in [-0.15, -0.1) is 16.8 Å². The van der Waals surface area contributed by atoms with E-state index in [2.05, 4.69) is 16.8 Å². The summed E-state index contributed by atoms with van der Waals surface area (Å²) in [6.45, 7) is 6.39. The van der Waals surface area contributed by atoms with E-state index in [9.17, 15) is 4.79 Å². The fourth-order valence-electron chi connectivity index (χ4n) is 2.79. The molecule has 8 heteroatoms. The van der Waals surface area contributed by atoms with E-state index < -0.39 is 0 Å². The first-order valence-corrected chi connectivity index (χ1v) is 9.30. The molecule has 1 aromatic carbocycles. The number of hydrogen-bond acceptors (Lipinski definition) is 7. The van der Waals surface area contributed by atoms with Gasteiger partial charge in [0.05, 0.1) is 17.6 Å². The molecule has 0 saturated carbocycles. The molecule has 0 amide bonds. The van der Waals surface area contributed by atoms with E-state index in [4.69, 9.17) is 13.9 Å². The van der Waals surface area contributed by atoms with Gasteiger partial charge in [-0.1, -0.05) is 17.8 Å². The molecule has 138 valence electrons. The molecule has 4 rings (SSSR count). The maximum absolute atomic E-state index is 12.6. The zero-order chi connectivity index (χ0) is 18.8. The highest BCUT2D eigenvalue weighted by molar-refractivity contribution is 7.99. The minimum atomic E-state index is -0.0208. The molecule has 0 saturated heterocycles. The summed E-state index contributed by atoms with van der Waals surface area (Å²) in [4.78, 5) is 12.6. The van der Waals surface area contributed by atoms with Crippen LogP contribution in [0.4, 0.5) is 0 Å². The molecule has 0 unspecified atom stereocenters. The zero-order valence-corrected chi connectivity index (χ0v) is 15.5. The molecule has 3 aromatic rings. The number of nitrogens with zero attached hydrogens (tertiary/aromatic N) is 3. The second-order valence-electron chi connectivity index (χ2n) is 5.88. The van der Waals surface area contributed by atoms with Gasteiger partial charge in [0.1, 0.15) is 5.76 Å². The molecule has 0 bridgehead atoms. The number of allylic oxidation sites excluding steroid dienone is 1. The molecule has 0 radical (unpaired) electrons. The lowest BCUT2D eigenvalue weighted by Gasteiger charge is -2.07. The van der Waals surface area contributed by atoms with Crippen molar-refractivity contribution >= 4 is 17.5 Å². The monoisotopic (exact) mass is 383 g/mol. The Morgan fingerprint density at radius 3 is 2.93 bits per heavy atom. The fraction of sp³-hybridized carbons (Fsp3) is 0.211. The molecule has 1 aliphatic heterocycles. The average Bonchev–Trinajstić information content (AvgIpc) is 3.39. The van der Waals surface area contributed by atoms with Gasteiger partial charge in [-0.2, -0.15) is 0 Å². The van der Waals surface area contributed by atoms with Crippen molar-refractivity contribution in [3.05, 3.63) is 54.5 Å². The molecule has 27 heavy (non-hydrogen) atoms. The van der Waals surface area contributed by atoms with Crippen molar-refractivity contribution in [1.29, 1.82) is 0 Å². The third-order valence-electron chi connectivity index (χ3n) is 4.16. The number of furan rings is 1. The van der Waals surface area contributed by atoms with Crippen LogP contribution in [0.15, 0.2) is 52.8 Å². The van der Waals surface area contributed by atoms with Crippen molar-refractivity contribution in [3.63, 3.8) is 0 Å². The average molecular weight is 383 g/mol. The van der Waals surface area contributed by atoms with Gasteiger partial charge in [0.2, 0.25) is 6.79 Å². The standard InChI is InChI=1S/C19H17N3O4S/c1-3-7-22-18(14-6-8-24-12(14)2)20-21-19(22)27-10-15(23)13-4-5-16-17(9-13)26-11-25-16/h3-6,8-9H,1,7,10-11H2,2H3. The minimum Gasteiger partial charge on any atom is -0.469 e. The smallest absolute Gasteiger partial charge is 0.231 e. The quantitative estimate of drug-likeness (QED) is 0.349. The van der Waals surface area contributed by atoms with Crippen molar-refractivity contribution in [3.8, 4) is 22.9 Å². The molecular weight excluding hydrogens is 366 g/mol. The van der Waals surface area contributed by atoms with Crippen LogP contribution in [0.5, 0.6) is 11.5 Å². The SMILES string of the molecule is C=CCn1c(SCC(=O)c2ccc3c(c2)OCO3)nnc1-c1ccoc1C. The summed E-state index contributed by atoms with van der Waals surface area (Å²) in [6.07, 6.45) is 3.39. The lowest BCUT2D eigenvalue weighted by molar-refractivity contribution is 0.102. The van der Waals surface area contributed by atoms with Gasteiger partial charge >= 0.3 is 0 Å². The Bertz CT molecular complexity index is 1010. The van der Waals surface area contributed by atoms with Crippen molar-refractivity contribution in [2.75, 3.05) is 12.5 Å². The van der Waals surface area contributed by atoms with Crippen LogP contribution in [-0.4, -0.2) is 33.1 Å². The molecule has 3 heterocycles. The normalized spacial score (nSPS) is 12.3. The number of rotatable bonds is 7. The maximum atomic E-state index is 12.6. The second kappa shape index (κ2) is 7.32. The highest BCUT2D eigenvalue weighted by Crippen LogP contribution is 2.33. The van der Waals surface area contributed by atoms with Gasteiger partial charge in [0.25, 0.3) is 0 Å². The highest BCUT2D eigenvalue weighted by atomic mass is 32.2. The molecule has 0 N–H and O–H groups in total. The predicted octanol–water partition coefficient (Wildman–Crippen LogP) is 3.74. The van der Waals surface area contributed by atoms with Crippen molar-refractivity contribution in [2.45, 2.75) is 18.6 Å². The Morgan fingerprint density at radius 2 is 2.15 bits per heavy atom. The van der Waals surface area contributed by atoms with Crippen LogP contribution in [0.3, 0.4) is 0 Å². The minimum absolute atomic E-state index is 0.0208. The number of aromatic nitrogens is 3. The van der Waals surface area contributed by atoms with E-state index in [1.54, 1.807) is 30.5 Å². The van der Waals surface area contributed by atoms with E-state index in [-0.39, 0.29) is 18.3 Å². The Hall–Kier alpha value is -3.00. The second-order valence-corrected chi connectivity index (χ2v) is 6.82. The molecule has 0 fully saturated rings. The van der Waals surface area contributed by atoms with Crippen molar-refractivity contribution < 1.29 is 18.7 Å². The Morgan fingerprint density at radius 1 is 1.30 bits per heavy atom. The lowest BCUT2D eigenvalue weighted by Crippen LogP contribution is -2.05. The first-order chi connectivity index (χ1) is 13.2. The Labute approximate surface area is 160 Å². The summed E-state index contributed by atoms with van der Waals surface area (Å²) in [5.74, 6) is 2.93. The number of benzene rings is 1. The molecule has 0 aliphatic carbocycles. The topological polar surface area (TPSA) is 79.4 Å². The third kappa shape index (κ3) is 3.35. The van der Waals surface area contributed by atoms with Crippen LogP contribution in [0.1, 0.15) is 16.1 Å². The van der Waals surface area contributed by atoms with Crippen LogP contribution in [-0.2, 0) is 6.54 Å². The number of hydrogen-bond donors (Lipinski definition) is 0. The Kier molecular flexibility index (Phi) is 4.72. The fourth-order valence-corrected chi connectivity index (χ4v) is 3.63. The summed E-state index contributed by atoms with van der Waals surface area (Å²) in [5, 5.41) is 9.17. The summed E-state index contributed by atoms with van der Waals surface area (Å²) in [5.41, 5.74) is 1.45. The molecule has 0 atom stereocenters. The van der Waals surface area contributed by atoms with E-state index in [1.807, 2.05) is 17.6 Å². The third-order valence-corrected chi connectivity index (χ3v) is 5.12. The molecule has 1 aliphatic rings. The van der Waals surface area contributed by atoms with E-state index in [0.717, 1.165) is 11.3 Å². The van der Waals surface area contributed by atoms with Gasteiger partial charge < -0.3 is 13.9 Å². The van der Waals surface area contributed by atoms with Crippen LogP contribution in [0.2, 0.25) is 0 Å². The van der Waals surface area contributed by atoms with E-state index >= 15 is 0 Å². The van der Waals surface area contributed by atoms with E-state index in [0.29, 0.717) is 34.6 Å². The first kappa shape index (κ1) is 17.4. The number of aryl methyl sites for hydroxylation is 1. The molecule has 2 aromatic heterocycles. The number of ketones is 1. The summed E-state index contributed by atoms with van der Waals surface area (Å²) in [6, 6.07) is 7.05. The molecular formula is C19H17N3O4S. The maximum Gasteiger partial charge on any atom is 0.231 e. The van der Waals surface area contributed by atoms with Crippen molar-refractivity contribution in [2.24, 2.45) is 0 Å². The number of fused-ring (bicyclic) bond motifs is 1. The van der Waals surface area contributed by atoms with Crippen LogP contribution in [0, 0.1) is 6.92 Å².